The van der Waals surface area contributed by atoms with Gasteiger partial charge in [0.1, 0.15) is 17.2 Å². The number of Topliss-reactive ketones (excluding diaryl/α,β-unsaturated/α-hetero) is 1. The number of rotatable bonds is 6. The minimum atomic E-state index is -0.920. The van der Waals surface area contributed by atoms with Gasteiger partial charge in [0.25, 0.3) is 0 Å². The number of hydrogen-bond donors (Lipinski definition) is 4. The zero-order valence-electron chi connectivity index (χ0n) is 14.0. The van der Waals surface area contributed by atoms with Crippen LogP contribution in [0.3, 0.4) is 0 Å². The lowest BCUT2D eigenvalue weighted by Crippen LogP contribution is -2.02. The molecule has 6 nitrogen and oxygen atoms in total. The number of benzene rings is 2. The van der Waals surface area contributed by atoms with Crippen LogP contribution in [0.15, 0.2) is 48.5 Å². The fourth-order valence-corrected chi connectivity index (χ4v) is 3.77. The Bertz CT molecular complexity index is 998. The molecule has 1 heterocycles. The number of hydrogen-bond acceptors (Lipinski definition) is 6. The lowest BCUT2D eigenvalue weighted by Gasteiger charge is -2.09. The normalized spacial score (nSPS) is 10.7. The quantitative estimate of drug-likeness (QED) is 0.483. The van der Waals surface area contributed by atoms with Crippen LogP contribution >= 0.6 is 11.3 Å². The standard InChI is InChI=1S/C20H16O6S/c21-13-7-17(23)20(18(24)8-13)12-3-1-2-11(6-12)16(22)9-14-4-5-15(27-14)10-19(25)26/h1-8,21,23-24H,9-10H2,(H,25,26). The summed E-state index contributed by atoms with van der Waals surface area (Å²) in [5, 5.41) is 38.3. The molecule has 0 spiro atoms. The molecule has 0 bridgehead atoms. The van der Waals surface area contributed by atoms with Crippen LogP contribution in [-0.4, -0.2) is 32.2 Å². The van der Waals surface area contributed by atoms with Gasteiger partial charge in [0.15, 0.2) is 5.78 Å². The van der Waals surface area contributed by atoms with E-state index in [2.05, 4.69) is 0 Å². The van der Waals surface area contributed by atoms with Gasteiger partial charge in [-0.25, -0.2) is 0 Å². The molecule has 138 valence electrons. The number of phenolic OH excluding ortho intramolecular Hbond substituents is 3. The van der Waals surface area contributed by atoms with E-state index in [-0.39, 0.29) is 41.4 Å². The van der Waals surface area contributed by atoms with Gasteiger partial charge >= 0.3 is 5.97 Å². The van der Waals surface area contributed by atoms with Gasteiger partial charge in [-0.05, 0) is 23.8 Å². The largest absolute Gasteiger partial charge is 0.508 e. The maximum Gasteiger partial charge on any atom is 0.308 e. The monoisotopic (exact) mass is 384 g/mol. The molecule has 0 radical (unpaired) electrons. The van der Waals surface area contributed by atoms with Gasteiger partial charge in [0.2, 0.25) is 0 Å². The summed E-state index contributed by atoms with van der Waals surface area (Å²) in [7, 11) is 0. The average molecular weight is 384 g/mol. The number of carboxylic acids is 1. The molecule has 0 unspecified atom stereocenters. The minimum Gasteiger partial charge on any atom is -0.508 e. The fourth-order valence-electron chi connectivity index (χ4n) is 2.76. The Morgan fingerprint density at radius 1 is 0.852 bits per heavy atom. The van der Waals surface area contributed by atoms with Gasteiger partial charge in [-0.15, -0.1) is 11.3 Å². The highest BCUT2D eigenvalue weighted by Crippen LogP contribution is 2.40. The average Bonchev–Trinajstić information content (AvgIpc) is 3.00. The van der Waals surface area contributed by atoms with E-state index in [1.165, 1.54) is 11.3 Å². The van der Waals surface area contributed by atoms with Crippen LogP contribution in [0.25, 0.3) is 11.1 Å². The van der Waals surface area contributed by atoms with Crippen LogP contribution in [0.5, 0.6) is 17.2 Å². The predicted molar refractivity (Wildman–Crippen MR) is 101 cm³/mol. The number of aliphatic carboxylic acids is 1. The second kappa shape index (κ2) is 7.51. The second-order valence-electron chi connectivity index (χ2n) is 5.98. The van der Waals surface area contributed by atoms with Crippen molar-refractivity contribution in [3.05, 3.63) is 63.8 Å². The zero-order valence-corrected chi connectivity index (χ0v) is 14.9. The maximum atomic E-state index is 12.6. The smallest absolute Gasteiger partial charge is 0.308 e. The van der Waals surface area contributed by atoms with Crippen molar-refractivity contribution in [3.63, 3.8) is 0 Å². The van der Waals surface area contributed by atoms with Gasteiger partial charge in [-0.2, -0.15) is 0 Å². The Labute approximate surface area is 158 Å². The van der Waals surface area contributed by atoms with Crippen molar-refractivity contribution in [3.8, 4) is 28.4 Å². The summed E-state index contributed by atoms with van der Waals surface area (Å²) in [6.07, 6.45) is 0.0506. The molecule has 3 rings (SSSR count). The molecular weight excluding hydrogens is 368 g/mol. The van der Waals surface area contributed by atoms with E-state index in [1.807, 2.05) is 0 Å². The predicted octanol–water partition coefficient (Wildman–Crippen LogP) is 3.58. The van der Waals surface area contributed by atoms with Gasteiger partial charge in [-0.1, -0.05) is 18.2 Å². The summed E-state index contributed by atoms with van der Waals surface area (Å²) >= 11 is 1.28. The van der Waals surface area contributed by atoms with Gasteiger partial charge < -0.3 is 20.4 Å². The van der Waals surface area contributed by atoms with Gasteiger partial charge in [0, 0.05) is 33.9 Å². The van der Waals surface area contributed by atoms with Crippen molar-refractivity contribution in [2.45, 2.75) is 12.8 Å². The van der Waals surface area contributed by atoms with E-state index in [0.717, 1.165) is 17.0 Å². The summed E-state index contributed by atoms with van der Waals surface area (Å²) < 4.78 is 0. The van der Waals surface area contributed by atoms with E-state index in [0.29, 0.717) is 16.0 Å². The highest BCUT2D eigenvalue weighted by Gasteiger charge is 2.15. The molecule has 0 aliphatic rings. The van der Waals surface area contributed by atoms with Crippen molar-refractivity contribution in [2.75, 3.05) is 0 Å². The first-order valence-corrected chi connectivity index (χ1v) is 8.83. The molecule has 1 aromatic heterocycles. The number of thiophene rings is 1. The topological polar surface area (TPSA) is 115 Å². The summed E-state index contributed by atoms with van der Waals surface area (Å²) in [6.45, 7) is 0. The first-order valence-electron chi connectivity index (χ1n) is 8.01. The summed E-state index contributed by atoms with van der Waals surface area (Å²) in [5.41, 5.74) is 0.962. The molecule has 0 fully saturated rings. The van der Waals surface area contributed by atoms with Crippen molar-refractivity contribution in [1.29, 1.82) is 0 Å². The van der Waals surface area contributed by atoms with E-state index in [1.54, 1.807) is 36.4 Å². The lowest BCUT2D eigenvalue weighted by atomic mass is 9.98. The van der Waals surface area contributed by atoms with Gasteiger partial charge in [0.05, 0.1) is 12.0 Å². The molecule has 0 aliphatic carbocycles. The third kappa shape index (κ3) is 4.27. The highest BCUT2D eigenvalue weighted by molar-refractivity contribution is 7.12. The molecule has 7 heteroatoms. The first-order chi connectivity index (χ1) is 12.8. The molecule has 0 aliphatic heterocycles. The number of phenols is 3. The van der Waals surface area contributed by atoms with Crippen LogP contribution < -0.4 is 0 Å². The van der Waals surface area contributed by atoms with Crippen LogP contribution in [0.1, 0.15) is 20.1 Å². The van der Waals surface area contributed by atoms with Gasteiger partial charge in [-0.3, -0.25) is 9.59 Å². The van der Waals surface area contributed by atoms with Crippen molar-refractivity contribution < 1.29 is 30.0 Å². The summed E-state index contributed by atoms with van der Waals surface area (Å²) in [5.74, 6) is -1.95. The third-order valence-corrected chi connectivity index (χ3v) is 5.02. The molecular formula is C20H16O6S. The molecule has 4 N–H and O–H groups in total. The minimum absolute atomic E-state index is 0.0756. The molecule has 3 aromatic rings. The Morgan fingerprint density at radius 3 is 2.11 bits per heavy atom. The highest BCUT2D eigenvalue weighted by atomic mass is 32.1. The van der Waals surface area contributed by atoms with Crippen LogP contribution in [0.4, 0.5) is 0 Å². The third-order valence-electron chi connectivity index (χ3n) is 3.93. The number of carbonyl (C=O) groups excluding carboxylic acids is 1. The summed E-state index contributed by atoms with van der Waals surface area (Å²) in [4.78, 5) is 24.8. The Morgan fingerprint density at radius 2 is 1.48 bits per heavy atom. The zero-order chi connectivity index (χ0) is 19.6. The Hall–Kier alpha value is -3.32. The van der Waals surface area contributed by atoms with E-state index in [4.69, 9.17) is 5.11 Å². The molecule has 0 amide bonds. The lowest BCUT2D eigenvalue weighted by molar-refractivity contribution is -0.136. The van der Waals surface area contributed by atoms with Crippen LogP contribution in [-0.2, 0) is 17.6 Å². The summed E-state index contributed by atoms with van der Waals surface area (Å²) in [6, 6.07) is 12.1. The molecule has 0 saturated carbocycles. The van der Waals surface area contributed by atoms with E-state index in [9.17, 15) is 24.9 Å². The maximum absolute atomic E-state index is 12.6. The molecule has 27 heavy (non-hydrogen) atoms. The number of aromatic hydroxyl groups is 3. The van der Waals surface area contributed by atoms with Crippen molar-refractivity contribution in [2.24, 2.45) is 0 Å². The number of ketones is 1. The Kier molecular flexibility index (Phi) is 5.14. The fraction of sp³-hybridized carbons (Fsp3) is 0.100. The van der Waals surface area contributed by atoms with Crippen LogP contribution in [0.2, 0.25) is 0 Å². The SMILES string of the molecule is O=C(O)Cc1ccc(CC(=O)c2cccc(-c3c(O)cc(O)cc3O)c2)s1. The van der Waals surface area contributed by atoms with E-state index >= 15 is 0 Å². The van der Waals surface area contributed by atoms with Crippen LogP contribution in [0, 0.1) is 0 Å². The molecule has 0 saturated heterocycles. The molecule has 0 atom stereocenters. The van der Waals surface area contributed by atoms with Crippen molar-refractivity contribution in [1.82, 2.24) is 0 Å². The first kappa shape index (κ1) is 18.5. The number of carbonyl (C=O) groups is 2. The second-order valence-corrected chi connectivity index (χ2v) is 7.23. The molecule has 2 aromatic carbocycles. The number of carboxylic acid groups (broad SMARTS) is 1. The Balaban J connectivity index is 1.84. The van der Waals surface area contributed by atoms with Crippen molar-refractivity contribution >= 4 is 23.1 Å². The van der Waals surface area contributed by atoms with E-state index < -0.39 is 5.97 Å².